The highest BCUT2D eigenvalue weighted by atomic mass is 35.5. The Balaban J connectivity index is 2.07. The van der Waals surface area contributed by atoms with E-state index in [1.165, 1.54) is 19.3 Å². The molecule has 1 fully saturated rings. The Morgan fingerprint density at radius 1 is 1.33 bits per heavy atom. The van der Waals surface area contributed by atoms with Crippen molar-refractivity contribution < 1.29 is 4.79 Å². The number of rotatable bonds is 3. The molecule has 1 aliphatic carbocycles. The molecule has 1 saturated carbocycles. The third kappa shape index (κ3) is 3.42. The largest absolute Gasteiger partial charge is 0.349 e. The van der Waals surface area contributed by atoms with E-state index in [4.69, 9.17) is 11.6 Å². The summed E-state index contributed by atoms with van der Waals surface area (Å²) in [5.74, 6) is -0.0391. The van der Waals surface area contributed by atoms with E-state index in [1.54, 1.807) is 17.8 Å². The van der Waals surface area contributed by atoms with E-state index in [0.29, 0.717) is 16.6 Å². The Hall–Kier alpha value is -0.670. The van der Waals surface area contributed by atoms with Gasteiger partial charge in [0.1, 0.15) is 0 Å². The quantitative estimate of drug-likeness (QED) is 0.845. The summed E-state index contributed by atoms with van der Waals surface area (Å²) >= 11 is 7.71. The van der Waals surface area contributed by atoms with Crippen molar-refractivity contribution in [3.05, 3.63) is 28.8 Å². The first-order chi connectivity index (χ1) is 8.70. The van der Waals surface area contributed by atoms with Crippen LogP contribution in [0.3, 0.4) is 0 Å². The molecule has 18 heavy (non-hydrogen) atoms. The average Bonchev–Trinajstić information content (AvgIpc) is 2.40. The molecular weight excluding hydrogens is 266 g/mol. The van der Waals surface area contributed by atoms with Crippen molar-refractivity contribution in [3.63, 3.8) is 0 Å². The lowest BCUT2D eigenvalue weighted by Gasteiger charge is -2.23. The Kier molecular flexibility index (Phi) is 4.95. The van der Waals surface area contributed by atoms with Crippen LogP contribution in [0.4, 0.5) is 0 Å². The van der Waals surface area contributed by atoms with Crippen molar-refractivity contribution in [2.45, 2.75) is 43.0 Å². The topological polar surface area (TPSA) is 29.1 Å². The first-order valence-electron chi connectivity index (χ1n) is 6.35. The first kappa shape index (κ1) is 13.8. The van der Waals surface area contributed by atoms with Gasteiger partial charge in [-0.2, -0.15) is 0 Å². The number of carbonyl (C=O) groups excluding carboxylic acids is 1. The number of amides is 1. The van der Waals surface area contributed by atoms with E-state index in [0.717, 1.165) is 17.7 Å². The lowest BCUT2D eigenvalue weighted by atomic mass is 9.95. The molecule has 0 unspecified atom stereocenters. The molecule has 1 amide bonds. The van der Waals surface area contributed by atoms with E-state index >= 15 is 0 Å². The summed E-state index contributed by atoms with van der Waals surface area (Å²) in [5, 5.41) is 3.62. The van der Waals surface area contributed by atoms with Gasteiger partial charge in [0, 0.05) is 10.9 Å². The zero-order valence-corrected chi connectivity index (χ0v) is 12.1. The van der Waals surface area contributed by atoms with Crippen molar-refractivity contribution in [1.29, 1.82) is 0 Å². The normalized spacial score (nSPS) is 16.6. The van der Waals surface area contributed by atoms with Gasteiger partial charge in [0.25, 0.3) is 5.91 Å². The Morgan fingerprint density at radius 3 is 2.72 bits per heavy atom. The van der Waals surface area contributed by atoms with Crippen LogP contribution < -0.4 is 5.32 Å². The van der Waals surface area contributed by atoms with Crippen molar-refractivity contribution >= 4 is 29.3 Å². The number of carbonyl (C=O) groups is 1. The smallest absolute Gasteiger partial charge is 0.253 e. The maximum Gasteiger partial charge on any atom is 0.253 e. The number of thioether (sulfide) groups is 1. The summed E-state index contributed by atoms with van der Waals surface area (Å²) in [5.41, 5.74) is 0.592. The summed E-state index contributed by atoms with van der Waals surface area (Å²) in [6.07, 6.45) is 7.88. The van der Waals surface area contributed by atoms with Crippen LogP contribution in [0, 0.1) is 0 Å². The third-order valence-electron chi connectivity index (χ3n) is 3.36. The fraction of sp³-hybridized carbons (Fsp3) is 0.500. The maximum absolute atomic E-state index is 12.2. The van der Waals surface area contributed by atoms with Crippen LogP contribution in [0.15, 0.2) is 23.1 Å². The fourth-order valence-corrected chi connectivity index (χ4v) is 2.96. The Bertz CT molecular complexity index is 430. The molecule has 0 atom stereocenters. The van der Waals surface area contributed by atoms with Gasteiger partial charge in [-0.1, -0.05) is 30.9 Å². The van der Waals surface area contributed by atoms with Crippen molar-refractivity contribution in [2.24, 2.45) is 0 Å². The number of nitrogens with one attached hydrogen (secondary N) is 1. The molecule has 0 bridgehead atoms. The standard InChI is InChI=1S/C14H18ClNOS/c1-18-11-7-8-13(15)12(9-11)14(17)16-10-5-3-2-4-6-10/h7-10H,2-6H2,1H3,(H,16,17). The van der Waals surface area contributed by atoms with Crippen LogP contribution in [-0.4, -0.2) is 18.2 Å². The van der Waals surface area contributed by atoms with Crippen LogP contribution in [0.25, 0.3) is 0 Å². The van der Waals surface area contributed by atoms with Gasteiger partial charge in [-0.3, -0.25) is 4.79 Å². The summed E-state index contributed by atoms with van der Waals surface area (Å²) in [6, 6.07) is 5.92. The van der Waals surface area contributed by atoms with E-state index < -0.39 is 0 Å². The predicted octanol–water partition coefficient (Wildman–Crippen LogP) is 4.12. The van der Waals surface area contributed by atoms with Crippen LogP contribution >= 0.6 is 23.4 Å². The van der Waals surface area contributed by atoms with Crippen molar-refractivity contribution in [3.8, 4) is 0 Å². The van der Waals surface area contributed by atoms with Gasteiger partial charge in [0.05, 0.1) is 10.6 Å². The fourth-order valence-electron chi connectivity index (χ4n) is 2.32. The Labute approximate surface area is 117 Å². The first-order valence-corrected chi connectivity index (χ1v) is 7.95. The molecule has 1 N–H and O–H groups in total. The zero-order valence-electron chi connectivity index (χ0n) is 10.5. The minimum absolute atomic E-state index is 0.0391. The SMILES string of the molecule is CSc1ccc(Cl)c(C(=O)NC2CCCCC2)c1. The monoisotopic (exact) mass is 283 g/mol. The van der Waals surface area contributed by atoms with Crippen LogP contribution in [-0.2, 0) is 0 Å². The second-order valence-electron chi connectivity index (χ2n) is 4.65. The second-order valence-corrected chi connectivity index (χ2v) is 5.94. The van der Waals surface area contributed by atoms with E-state index in [1.807, 2.05) is 18.4 Å². The number of hydrogen-bond acceptors (Lipinski definition) is 2. The molecule has 1 aromatic rings. The Morgan fingerprint density at radius 2 is 2.06 bits per heavy atom. The molecule has 0 heterocycles. The maximum atomic E-state index is 12.2. The predicted molar refractivity (Wildman–Crippen MR) is 77.6 cm³/mol. The second kappa shape index (κ2) is 6.48. The van der Waals surface area contributed by atoms with Gasteiger partial charge < -0.3 is 5.32 Å². The summed E-state index contributed by atoms with van der Waals surface area (Å²) in [4.78, 5) is 13.3. The number of halogens is 1. The van der Waals surface area contributed by atoms with Gasteiger partial charge in [0.15, 0.2) is 0 Å². The van der Waals surface area contributed by atoms with Gasteiger partial charge >= 0.3 is 0 Å². The van der Waals surface area contributed by atoms with Gasteiger partial charge in [0.2, 0.25) is 0 Å². The minimum atomic E-state index is -0.0391. The van der Waals surface area contributed by atoms with Crippen LogP contribution in [0.2, 0.25) is 5.02 Å². The molecule has 0 spiro atoms. The molecule has 4 heteroatoms. The van der Waals surface area contributed by atoms with Gasteiger partial charge in [-0.25, -0.2) is 0 Å². The van der Waals surface area contributed by atoms with Gasteiger partial charge in [-0.15, -0.1) is 11.8 Å². The van der Waals surface area contributed by atoms with Crippen LogP contribution in [0.5, 0.6) is 0 Å². The average molecular weight is 284 g/mol. The van der Waals surface area contributed by atoms with Gasteiger partial charge in [-0.05, 0) is 37.3 Å². The molecule has 0 aromatic heterocycles. The van der Waals surface area contributed by atoms with E-state index in [9.17, 15) is 4.79 Å². The van der Waals surface area contributed by atoms with E-state index in [-0.39, 0.29) is 5.91 Å². The van der Waals surface area contributed by atoms with Crippen molar-refractivity contribution in [2.75, 3.05) is 6.26 Å². The molecular formula is C14H18ClNOS. The summed E-state index contributed by atoms with van der Waals surface area (Å²) in [6.45, 7) is 0. The van der Waals surface area contributed by atoms with Crippen LogP contribution in [0.1, 0.15) is 42.5 Å². The van der Waals surface area contributed by atoms with E-state index in [2.05, 4.69) is 5.32 Å². The minimum Gasteiger partial charge on any atom is -0.349 e. The molecule has 0 saturated heterocycles. The molecule has 2 rings (SSSR count). The highest BCUT2D eigenvalue weighted by Crippen LogP contribution is 2.24. The third-order valence-corrected chi connectivity index (χ3v) is 4.41. The molecule has 2 nitrogen and oxygen atoms in total. The molecule has 0 aliphatic heterocycles. The highest BCUT2D eigenvalue weighted by molar-refractivity contribution is 7.98. The zero-order chi connectivity index (χ0) is 13.0. The number of benzene rings is 1. The summed E-state index contributed by atoms with van der Waals surface area (Å²) in [7, 11) is 0. The summed E-state index contributed by atoms with van der Waals surface area (Å²) < 4.78 is 0. The molecule has 1 aliphatic rings. The van der Waals surface area contributed by atoms with Crippen molar-refractivity contribution in [1.82, 2.24) is 5.32 Å². The molecule has 98 valence electrons. The highest BCUT2D eigenvalue weighted by Gasteiger charge is 2.18. The number of hydrogen-bond donors (Lipinski definition) is 1. The lowest BCUT2D eigenvalue weighted by molar-refractivity contribution is 0.0927. The molecule has 1 aromatic carbocycles. The lowest BCUT2D eigenvalue weighted by Crippen LogP contribution is -2.36. The molecule has 0 radical (unpaired) electrons.